The number of carbonyl (C=O) groups is 1. The van der Waals surface area contributed by atoms with Gasteiger partial charge in [0.15, 0.2) is 0 Å². The molecule has 0 saturated heterocycles. The molecule has 0 atom stereocenters. The van der Waals surface area contributed by atoms with Gasteiger partial charge in [-0.1, -0.05) is 20.8 Å². The number of hydrogen-bond acceptors (Lipinski definition) is 2. The zero-order chi connectivity index (χ0) is 15.6. The highest BCUT2D eigenvalue weighted by molar-refractivity contribution is 9.10. The zero-order valence-corrected chi connectivity index (χ0v) is 15.0. The van der Waals surface area contributed by atoms with Crippen LogP contribution in [-0.2, 0) is 4.79 Å². The van der Waals surface area contributed by atoms with Gasteiger partial charge in [-0.05, 0) is 72.0 Å². The van der Waals surface area contributed by atoms with Gasteiger partial charge in [0.1, 0.15) is 5.82 Å². The smallest absolute Gasteiger partial charge is 0.228 e. The number of nitrogens with one attached hydrogen (secondary N) is 1. The van der Waals surface area contributed by atoms with Crippen molar-refractivity contribution in [1.29, 1.82) is 0 Å². The molecule has 1 amide bonds. The van der Waals surface area contributed by atoms with E-state index < -0.39 is 0 Å². The SMILES string of the molecule is Cc1nc(NC(=O)C2CCC(C(C)(C)C)CC2)ccc1Br. The summed E-state index contributed by atoms with van der Waals surface area (Å²) in [6.45, 7) is 8.82. The summed E-state index contributed by atoms with van der Waals surface area (Å²) in [5, 5.41) is 2.96. The van der Waals surface area contributed by atoms with E-state index in [1.54, 1.807) is 0 Å². The van der Waals surface area contributed by atoms with Gasteiger partial charge in [-0.15, -0.1) is 0 Å². The number of nitrogens with zero attached hydrogens (tertiary/aromatic N) is 1. The molecular weight excluding hydrogens is 328 g/mol. The molecule has 0 unspecified atom stereocenters. The second-order valence-electron chi connectivity index (χ2n) is 7.17. The number of hydrogen-bond donors (Lipinski definition) is 1. The van der Waals surface area contributed by atoms with Crippen LogP contribution in [0.5, 0.6) is 0 Å². The van der Waals surface area contributed by atoms with E-state index in [2.05, 4.69) is 47.0 Å². The van der Waals surface area contributed by atoms with E-state index in [9.17, 15) is 4.79 Å². The van der Waals surface area contributed by atoms with Crippen LogP contribution in [0.4, 0.5) is 5.82 Å². The summed E-state index contributed by atoms with van der Waals surface area (Å²) in [7, 11) is 0. The molecule has 1 aromatic rings. The van der Waals surface area contributed by atoms with Gasteiger partial charge in [0, 0.05) is 10.4 Å². The molecule has 21 heavy (non-hydrogen) atoms. The van der Waals surface area contributed by atoms with Crippen LogP contribution in [0.15, 0.2) is 16.6 Å². The van der Waals surface area contributed by atoms with Crippen LogP contribution in [-0.4, -0.2) is 10.9 Å². The molecule has 1 heterocycles. The van der Waals surface area contributed by atoms with E-state index in [1.165, 1.54) is 0 Å². The number of aromatic nitrogens is 1. The second kappa shape index (κ2) is 6.47. The first-order valence-electron chi connectivity index (χ1n) is 7.71. The lowest BCUT2D eigenvalue weighted by atomic mass is 9.69. The van der Waals surface area contributed by atoms with Crippen LogP contribution in [0.3, 0.4) is 0 Å². The summed E-state index contributed by atoms with van der Waals surface area (Å²) in [6.07, 6.45) is 4.27. The summed E-state index contributed by atoms with van der Waals surface area (Å²) < 4.78 is 0.964. The van der Waals surface area contributed by atoms with Gasteiger partial charge in [0.2, 0.25) is 5.91 Å². The summed E-state index contributed by atoms with van der Waals surface area (Å²) in [6, 6.07) is 3.77. The number of anilines is 1. The quantitative estimate of drug-likeness (QED) is 0.818. The van der Waals surface area contributed by atoms with Gasteiger partial charge in [0.25, 0.3) is 0 Å². The average Bonchev–Trinajstić information content (AvgIpc) is 2.42. The first kappa shape index (κ1) is 16.5. The van der Waals surface area contributed by atoms with Gasteiger partial charge in [-0.25, -0.2) is 4.98 Å². The molecule has 1 aliphatic carbocycles. The molecule has 0 bridgehead atoms. The van der Waals surface area contributed by atoms with Crippen molar-refractivity contribution in [2.75, 3.05) is 5.32 Å². The number of pyridine rings is 1. The van der Waals surface area contributed by atoms with Crippen LogP contribution in [0.2, 0.25) is 0 Å². The molecule has 0 spiro atoms. The van der Waals surface area contributed by atoms with E-state index in [0.29, 0.717) is 11.2 Å². The summed E-state index contributed by atoms with van der Waals surface area (Å²) in [5.41, 5.74) is 1.25. The van der Waals surface area contributed by atoms with Gasteiger partial charge in [0.05, 0.1) is 5.69 Å². The number of aryl methyl sites for hydroxylation is 1. The monoisotopic (exact) mass is 352 g/mol. The minimum atomic E-state index is 0.122. The normalized spacial score (nSPS) is 22.9. The van der Waals surface area contributed by atoms with Gasteiger partial charge in [-0.3, -0.25) is 4.79 Å². The average molecular weight is 353 g/mol. The van der Waals surface area contributed by atoms with Crippen molar-refractivity contribution < 1.29 is 4.79 Å². The molecule has 1 saturated carbocycles. The maximum atomic E-state index is 12.4. The van der Waals surface area contributed by atoms with Crippen LogP contribution < -0.4 is 5.32 Å². The zero-order valence-electron chi connectivity index (χ0n) is 13.4. The van der Waals surface area contributed by atoms with Crippen molar-refractivity contribution in [1.82, 2.24) is 4.98 Å². The van der Waals surface area contributed by atoms with Crippen LogP contribution in [0.25, 0.3) is 0 Å². The van der Waals surface area contributed by atoms with E-state index in [4.69, 9.17) is 0 Å². The second-order valence-corrected chi connectivity index (χ2v) is 8.02. The Morgan fingerprint density at radius 3 is 2.38 bits per heavy atom. The summed E-state index contributed by atoms with van der Waals surface area (Å²) in [5.74, 6) is 1.64. The van der Waals surface area contributed by atoms with Crippen molar-refractivity contribution in [2.45, 2.75) is 53.4 Å². The predicted octanol–water partition coefficient (Wildman–Crippen LogP) is 4.94. The lowest BCUT2D eigenvalue weighted by Gasteiger charge is -2.36. The Morgan fingerprint density at radius 2 is 1.86 bits per heavy atom. The van der Waals surface area contributed by atoms with Crippen molar-refractivity contribution in [3.05, 3.63) is 22.3 Å². The third-order valence-corrected chi connectivity index (χ3v) is 5.43. The first-order chi connectivity index (χ1) is 9.77. The first-order valence-corrected chi connectivity index (χ1v) is 8.50. The fourth-order valence-corrected chi connectivity index (χ4v) is 3.28. The van der Waals surface area contributed by atoms with Crippen LogP contribution in [0, 0.1) is 24.2 Å². The molecule has 4 heteroatoms. The molecule has 0 radical (unpaired) electrons. The third-order valence-electron chi connectivity index (χ3n) is 4.60. The summed E-state index contributed by atoms with van der Waals surface area (Å²) in [4.78, 5) is 16.7. The Hall–Kier alpha value is -0.900. The van der Waals surface area contributed by atoms with Crippen LogP contribution in [0.1, 0.15) is 52.1 Å². The highest BCUT2D eigenvalue weighted by Gasteiger charge is 2.32. The Balaban J connectivity index is 1.92. The minimum Gasteiger partial charge on any atom is -0.310 e. The Kier molecular flexibility index (Phi) is 5.07. The van der Waals surface area contributed by atoms with Crippen LogP contribution >= 0.6 is 15.9 Å². The Bertz CT molecular complexity index is 514. The standard InChI is InChI=1S/C17H25BrN2O/c1-11-14(18)9-10-15(19-11)20-16(21)12-5-7-13(8-6-12)17(2,3)4/h9-10,12-13H,5-8H2,1-4H3,(H,19,20,21). The van der Waals surface area contributed by atoms with Crippen molar-refractivity contribution in [3.63, 3.8) is 0 Å². The number of halogens is 1. The molecule has 3 nitrogen and oxygen atoms in total. The number of amides is 1. The van der Waals surface area contributed by atoms with Gasteiger partial charge < -0.3 is 5.32 Å². The minimum absolute atomic E-state index is 0.122. The van der Waals surface area contributed by atoms with Crippen molar-refractivity contribution >= 4 is 27.7 Å². The lowest BCUT2D eigenvalue weighted by Crippen LogP contribution is -2.31. The number of rotatable bonds is 2. The van der Waals surface area contributed by atoms with E-state index in [-0.39, 0.29) is 11.8 Å². The highest BCUT2D eigenvalue weighted by Crippen LogP contribution is 2.40. The molecule has 1 aliphatic rings. The largest absolute Gasteiger partial charge is 0.310 e. The highest BCUT2D eigenvalue weighted by atomic mass is 79.9. The molecule has 1 aromatic heterocycles. The van der Waals surface area contributed by atoms with E-state index in [0.717, 1.165) is 41.8 Å². The molecule has 0 aliphatic heterocycles. The predicted molar refractivity (Wildman–Crippen MR) is 90.2 cm³/mol. The molecular formula is C17H25BrN2O. The topological polar surface area (TPSA) is 42.0 Å². The van der Waals surface area contributed by atoms with Crippen molar-refractivity contribution in [2.24, 2.45) is 17.3 Å². The maximum Gasteiger partial charge on any atom is 0.228 e. The maximum absolute atomic E-state index is 12.4. The Labute approximate surface area is 136 Å². The molecule has 0 aromatic carbocycles. The number of carbonyl (C=O) groups excluding carboxylic acids is 1. The fraction of sp³-hybridized carbons (Fsp3) is 0.647. The fourth-order valence-electron chi connectivity index (χ4n) is 3.06. The molecule has 1 fully saturated rings. The molecule has 116 valence electrons. The van der Waals surface area contributed by atoms with Crippen molar-refractivity contribution in [3.8, 4) is 0 Å². The molecule has 1 N–H and O–H groups in total. The summed E-state index contributed by atoms with van der Waals surface area (Å²) >= 11 is 3.42. The third kappa shape index (κ3) is 4.29. The van der Waals surface area contributed by atoms with E-state index in [1.807, 2.05) is 19.1 Å². The lowest BCUT2D eigenvalue weighted by molar-refractivity contribution is -0.121. The van der Waals surface area contributed by atoms with Gasteiger partial charge >= 0.3 is 0 Å². The van der Waals surface area contributed by atoms with E-state index >= 15 is 0 Å². The Morgan fingerprint density at radius 1 is 1.24 bits per heavy atom. The molecule has 2 rings (SSSR count). The van der Waals surface area contributed by atoms with Gasteiger partial charge in [-0.2, -0.15) is 0 Å².